The first-order valence-electron chi connectivity index (χ1n) is 22.4. The van der Waals surface area contributed by atoms with Crippen LogP contribution in [0.5, 0.6) is 0 Å². The topological polar surface area (TPSA) is 162 Å². The zero-order valence-corrected chi connectivity index (χ0v) is 37.4. The molecule has 2 aromatic heterocycles. The van der Waals surface area contributed by atoms with Crippen LogP contribution >= 0.6 is 11.3 Å². The second-order valence-electron chi connectivity index (χ2n) is 17.6. The van der Waals surface area contributed by atoms with Gasteiger partial charge in [-0.2, -0.15) is 0 Å². The fourth-order valence-electron chi connectivity index (χ4n) is 10.0. The number of nitrogens with zero attached hydrogens (tertiary/aromatic N) is 7. The molecule has 4 aromatic carbocycles. The molecular formula is C49H47F2N9O6S. The van der Waals surface area contributed by atoms with Crippen molar-refractivity contribution < 1.29 is 32.8 Å². The molecule has 6 aromatic rings. The van der Waals surface area contributed by atoms with Crippen molar-refractivity contribution in [2.24, 2.45) is 7.05 Å². The maximum absolute atomic E-state index is 15.8. The van der Waals surface area contributed by atoms with Crippen LogP contribution in [0.25, 0.3) is 22.2 Å². The minimum Gasteiger partial charge on any atom is -0.368 e. The monoisotopic (exact) mass is 927 g/mol. The third-order valence-corrected chi connectivity index (χ3v) is 14.3. The third-order valence-electron chi connectivity index (χ3n) is 13.7. The Morgan fingerprint density at radius 2 is 1.64 bits per heavy atom. The maximum Gasteiger partial charge on any atom is 0.329 e. The molecule has 15 nitrogen and oxygen atoms in total. The lowest BCUT2D eigenvalue weighted by atomic mass is 9.89. The van der Waals surface area contributed by atoms with Crippen molar-refractivity contribution in [1.29, 1.82) is 0 Å². The molecule has 10 rings (SSSR count). The molecule has 2 N–H and O–H groups in total. The first-order valence-corrected chi connectivity index (χ1v) is 23.3. The van der Waals surface area contributed by atoms with Crippen LogP contribution in [-0.4, -0.2) is 104 Å². The Morgan fingerprint density at radius 3 is 2.36 bits per heavy atom. The molecule has 0 aliphatic carbocycles. The normalized spacial score (nSPS) is 18.6. The quantitative estimate of drug-likeness (QED) is 0.167. The molecule has 67 heavy (non-hydrogen) atoms. The van der Waals surface area contributed by atoms with E-state index in [0.29, 0.717) is 54.5 Å². The van der Waals surface area contributed by atoms with Gasteiger partial charge in [-0.05, 0) is 109 Å². The molecule has 344 valence electrons. The lowest BCUT2D eigenvalue weighted by Crippen LogP contribution is -2.51. The summed E-state index contributed by atoms with van der Waals surface area (Å²) in [6, 6.07) is 20.1. The highest BCUT2D eigenvalue weighted by molar-refractivity contribution is 7.13. The summed E-state index contributed by atoms with van der Waals surface area (Å²) in [6.45, 7) is 4.12. The number of benzene rings is 4. The number of hydrogen-bond acceptors (Lipinski definition) is 10. The number of halogens is 2. The number of amides is 5. The van der Waals surface area contributed by atoms with E-state index in [1.807, 2.05) is 47.4 Å². The molecule has 3 fully saturated rings. The number of imide groups is 1. The molecule has 0 bridgehead atoms. The number of anilines is 2. The van der Waals surface area contributed by atoms with Gasteiger partial charge in [0.1, 0.15) is 23.7 Å². The number of imidazole rings is 1. The largest absolute Gasteiger partial charge is 0.368 e. The van der Waals surface area contributed by atoms with Crippen molar-refractivity contribution in [3.63, 3.8) is 0 Å². The Hall–Kier alpha value is -7.05. The van der Waals surface area contributed by atoms with E-state index in [1.54, 1.807) is 29.1 Å². The van der Waals surface area contributed by atoms with Crippen molar-refractivity contribution >= 4 is 62.7 Å². The lowest BCUT2D eigenvalue weighted by Gasteiger charge is -2.38. The molecule has 0 radical (unpaired) electrons. The molecule has 0 spiro atoms. The van der Waals surface area contributed by atoms with Gasteiger partial charge in [-0.1, -0.05) is 30.3 Å². The molecule has 18 heteroatoms. The van der Waals surface area contributed by atoms with Crippen molar-refractivity contribution in [3.8, 4) is 11.1 Å². The van der Waals surface area contributed by atoms with Gasteiger partial charge in [0.15, 0.2) is 5.13 Å². The minimum absolute atomic E-state index is 0.0915. The number of carbonyl (C=O) groups excluding carboxylic acids is 5. The predicted molar refractivity (Wildman–Crippen MR) is 247 cm³/mol. The second-order valence-corrected chi connectivity index (χ2v) is 18.5. The SMILES string of the molecule is Cn1c(=O)n(C2CCC(=O)NC2=O)c2ccc(C3CCN(CC(=O)N4CCN(c5ccc(-c6cc(F)c7c(c6)C(=O)N(C(C(=O)Nc6nccs6)c6cccc(F)c6)C7)cc5)CC4)CC3)cc21. The molecule has 2 unspecified atom stereocenters. The molecule has 5 amide bonds. The molecular weight excluding hydrogens is 881 g/mol. The van der Waals surface area contributed by atoms with E-state index in [0.717, 1.165) is 42.7 Å². The Bertz CT molecular complexity index is 2990. The average molecular weight is 928 g/mol. The van der Waals surface area contributed by atoms with E-state index in [9.17, 15) is 33.2 Å². The van der Waals surface area contributed by atoms with E-state index in [1.165, 1.54) is 51.3 Å². The van der Waals surface area contributed by atoms with Gasteiger partial charge in [0.2, 0.25) is 17.7 Å². The molecule has 4 aliphatic rings. The number of hydrogen-bond donors (Lipinski definition) is 2. The zero-order chi connectivity index (χ0) is 46.5. The highest BCUT2D eigenvalue weighted by atomic mass is 32.1. The Morgan fingerprint density at radius 1 is 0.866 bits per heavy atom. The maximum atomic E-state index is 15.8. The van der Waals surface area contributed by atoms with E-state index in [-0.39, 0.29) is 59.5 Å². The van der Waals surface area contributed by atoms with E-state index < -0.39 is 41.4 Å². The summed E-state index contributed by atoms with van der Waals surface area (Å²) in [5.74, 6) is -2.72. The molecule has 0 saturated carbocycles. The summed E-state index contributed by atoms with van der Waals surface area (Å²) in [4.78, 5) is 90.4. The van der Waals surface area contributed by atoms with Crippen LogP contribution < -0.4 is 21.2 Å². The van der Waals surface area contributed by atoms with Crippen LogP contribution in [0.4, 0.5) is 19.6 Å². The number of nitrogens with one attached hydrogen (secondary N) is 2. The highest BCUT2D eigenvalue weighted by Crippen LogP contribution is 2.38. The second kappa shape index (κ2) is 18.0. The van der Waals surface area contributed by atoms with Crippen molar-refractivity contribution in [1.82, 2.24) is 34.1 Å². The van der Waals surface area contributed by atoms with Gasteiger partial charge in [0.05, 0.1) is 24.1 Å². The van der Waals surface area contributed by atoms with E-state index in [4.69, 9.17) is 0 Å². The minimum atomic E-state index is -1.24. The molecule has 6 heterocycles. The van der Waals surface area contributed by atoms with Gasteiger partial charge in [0, 0.05) is 68.0 Å². The summed E-state index contributed by atoms with van der Waals surface area (Å²) in [5.41, 5.74) is 4.94. The van der Waals surface area contributed by atoms with Gasteiger partial charge >= 0.3 is 5.69 Å². The molecule has 4 aliphatic heterocycles. The van der Waals surface area contributed by atoms with E-state index >= 15 is 4.39 Å². The standard InChI is InChI=1S/C49H47F2N9O6S/c1-55-41-26-31(7-10-39(41)60(49(55)66)40-11-12-42(61)53-45(40)63)30-13-16-56(17-14-30)28-43(62)58-20-18-57(19-21-58)35-8-5-29(6-9-35)33-24-36-37(38(51)25-33)27-59(47(36)65)44(32-3-2-4-34(50)23-32)46(64)54-48-52-15-22-67-48/h2-10,15,22-26,30,40,44H,11-14,16-21,27-28H2,1H3,(H,52,54,64)(H,53,61,63). The number of aryl methyl sites for hydroxylation is 1. The first kappa shape index (κ1) is 43.8. The van der Waals surface area contributed by atoms with Crippen molar-refractivity contribution in [2.45, 2.75) is 50.2 Å². The summed E-state index contributed by atoms with van der Waals surface area (Å²) in [6.07, 6.45) is 3.72. The summed E-state index contributed by atoms with van der Waals surface area (Å²) in [5, 5.41) is 7.07. The van der Waals surface area contributed by atoms with Crippen LogP contribution in [-0.2, 0) is 32.8 Å². The molecule has 3 saturated heterocycles. The number of aromatic nitrogens is 3. The summed E-state index contributed by atoms with van der Waals surface area (Å²) >= 11 is 1.20. The van der Waals surface area contributed by atoms with Gasteiger partial charge < -0.3 is 14.7 Å². The van der Waals surface area contributed by atoms with E-state index in [2.05, 4.69) is 25.4 Å². The number of likely N-dealkylation sites (tertiary alicyclic amines) is 1. The fourth-order valence-corrected chi connectivity index (χ4v) is 10.6. The number of piperazine rings is 1. The summed E-state index contributed by atoms with van der Waals surface area (Å²) < 4.78 is 33.3. The summed E-state index contributed by atoms with van der Waals surface area (Å²) in [7, 11) is 1.70. The van der Waals surface area contributed by atoms with Crippen molar-refractivity contribution in [2.75, 3.05) is 56.0 Å². The van der Waals surface area contributed by atoms with Crippen molar-refractivity contribution in [3.05, 3.63) is 135 Å². The van der Waals surface area contributed by atoms with Crippen LogP contribution in [0.1, 0.15) is 70.7 Å². The number of fused-ring (bicyclic) bond motifs is 2. The average Bonchev–Trinajstić information content (AvgIpc) is 4.03. The fraction of sp³-hybridized carbons (Fsp3) is 0.327. The Labute approximate surface area is 387 Å². The Kier molecular flexibility index (Phi) is 11.8. The predicted octanol–water partition coefficient (Wildman–Crippen LogP) is 5.58. The van der Waals surface area contributed by atoms with Crippen LogP contribution in [0, 0.1) is 11.6 Å². The smallest absolute Gasteiger partial charge is 0.329 e. The van der Waals surface area contributed by atoms with Gasteiger partial charge in [-0.3, -0.25) is 48.6 Å². The first-order chi connectivity index (χ1) is 32.4. The number of carbonyl (C=O) groups is 5. The molecule has 2 atom stereocenters. The Balaban J connectivity index is 0.735. The number of thiazole rings is 1. The van der Waals surface area contributed by atoms with Gasteiger partial charge in [0.25, 0.3) is 11.8 Å². The third kappa shape index (κ3) is 8.50. The van der Waals surface area contributed by atoms with Gasteiger partial charge in [-0.15, -0.1) is 11.3 Å². The number of piperidine rings is 2. The van der Waals surface area contributed by atoms with Gasteiger partial charge in [-0.25, -0.2) is 18.6 Å². The van der Waals surface area contributed by atoms with Crippen LogP contribution in [0.3, 0.4) is 0 Å². The number of rotatable bonds is 10. The zero-order valence-electron chi connectivity index (χ0n) is 36.6. The highest BCUT2D eigenvalue weighted by Gasteiger charge is 2.40. The lowest BCUT2D eigenvalue weighted by molar-refractivity contribution is -0.136. The van der Waals surface area contributed by atoms with Crippen LogP contribution in [0.2, 0.25) is 0 Å². The van der Waals surface area contributed by atoms with Crippen LogP contribution in [0.15, 0.2) is 95.2 Å².